The van der Waals surface area contributed by atoms with Crippen LogP contribution in [0.1, 0.15) is 35.2 Å². The van der Waals surface area contributed by atoms with E-state index in [2.05, 4.69) is 5.32 Å². The number of carbonyl (C=O) groups excluding carboxylic acids is 1. The van der Waals surface area contributed by atoms with E-state index in [1.165, 1.54) is 6.42 Å². The maximum absolute atomic E-state index is 11.8. The van der Waals surface area contributed by atoms with E-state index >= 15 is 0 Å². The summed E-state index contributed by atoms with van der Waals surface area (Å²) in [5.74, 6) is -0.0391. The molecule has 0 spiro atoms. The molecule has 1 aromatic rings. The highest BCUT2D eigenvalue weighted by Crippen LogP contribution is 2.18. The van der Waals surface area contributed by atoms with Gasteiger partial charge in [0.15, 0.2) is 0 Å². The summed E-state index contributed by atoms with van der Waals surface area (Å²) in [7, 11) is 0. The number of rotatable bonds is 3. The summed E-state index contributed by atoms with van der Waals surface area (Å²) >= 11 is 4.88. The highest BCUT2D eigenvalue weighted by Gasteiger charge is 2.20. The van der Waals surface area contributed by atoms with Gasteiger partial charge in [-0.3, -0.25) is 4.79 Å². The van der Waals surface area contributed by atoms with E-state index in [9.17, 15) is 4.79 Å². The third-order valence-corrected chi connectivity index (χ3v) is 3.09. The van der Waals surface area contributed by atoms with Crippen LogP contribution in [-0.2, 0) is 0 Å². The lowest BCUT2D eigenvalue weighted by Crippen LogP contribution is -2.39. The first kappa shape index (κ1) is 11.1. The fourth-order valence-electron chi connectivity index (χ4n) is 1.64. The molecule has 1 fully saturated rings. The molecule has 3 nitrogen and oxygen atoms in total. The van der Waals surface area contributed by atoms with Crippen LogP contribution >= 0.6 is 12.2 Å². The summed E-state index contributed by atoms with van der Waals surface area (Å²) in [6.07, 6.45) is 3.37. The van der Waals surface area contributed by atoms with Crippen molar-refractivity contribution < 1.29 is 4.79 Å². The summed E-state index contributed by atoms with van der Waals surface area (Å²) in [5.41, 5.74) is 6.88. The topological polar surface area (TPSA) is 55.1 Å². The lowest BCUT2D eigenvalue weighted by Gasteiger charge is -2.26. The molecule has 0 aliphatic heterocycles. The van der Waals surface area contributed by atoms with Crippen LogP contribution in [0.15, 0.2) is 24.3 Å². The summed E-state index contributed by atoms with van der Waals surface area (Å²) in [4.78, 5) is 12.1. The number of nitrogens with one attached hydrogen (secondary N) is 1. The molecule has 0 heterocycles. The largest absolute Gasteiger partial charge is 0.389 e. The Morgan fingerprint density at radius 3 is 2.62 bits per heavy atom. The van der Waals surface area contributed by atoms with E-state index in [0.717, 1.165) is 18.4 Å². The molecule has 2 rings (SSSR count). The molecule has 1 amide bonds. The molecule has 0 unspecified atom stereocenters. The molecule has 84 valence electrons. The second kappa shape index (κ2) is 4.61. The molecule has 0 saturated heterocycles. The van der Waals surface area contributed by atoms with Crippen LogP contribution in [0, 0.1) is 0 Å². The highest BCUT2D eigenvalue weighted by molar-refractivity contribution is 7.80. The Kier molecular flexibility index (Phi) is 3.19. The van der Waals surface area contributed by atoms with Crippen molar-refractivity contribution in [3.63, 3.8) is 0 Å². The Morgan fingerprint density at radius 2 is 2.06 bits per heavy atom. The number of benzene rings is 1. The number of amides is 1. The molecule has 4 heteroatoms. The van der Waals surface area contributed by atoms with Crippen LogP contribution in [0.3, 0.4) is 0 Å². The van der Waals surface area contributed by atoms with Crippen LogP contribution in [0.4, 0.5) is 0 Å². The van der Waals surface area contributed by atoms with Crippen molar-refractivity contribution in [2.24, 2.45) is 5.73 Å². The number of carbonyl (C=O) groups is 1. The minimum absolute atomic E-state index is 0.0391. The van der Waals surface area contributed by atoms with Crippen LogP contribution in [0.2, 0.25) is 0 Å². The van der Waals surface area contributed by atoms with E-state index in [-0.39, 0.29) is 5.91 Å². The molecule has 3 N–H and O–H groups in total. The van der Waals surface area contributed by atoms with Gasteiger partial charge >= 0.3 is 0 Å². The summed E-state index contributed by atoms with van der Waals surface area (Å²) in [6, 6.07) is 7.46. The zero-order valence-corrected chi connectivity index (χ0v) is 9.72. The SMILES string of the molecule is NC(=S)c1cccc(C(=O)NC2CCC2)c1. The lowest BCUT2D eigenvalue weighted by molar-refractivity contribution is 0.0917. The van der Waals surface area contributed by atoms with Gasteiger partial charge in [0.25, 0.3) is 5.91 Å². The Labute approximate surface area is 100 Å². The third kappa shape index (κ3) is 2.39. The standard InChI is InChI=1S/C12H14N2OS/c13-11(16)8-3-1-4-9(7-8)12(15)14-10-5-2-6-10/h1,3-4,7,10H,2,5-6H2,(H2,13,16)(H,14,15). The predicted octanol–water partition coefficient (Wildman–Crippen LogP) is 1.60. The van der Waals surface area contributed by atoms with Crippen LogP contribution in [0.25, 0.3) is 0 Å². The van der Waals surface area contributed by atoms with Gasteiger partial charge in [0.2, 0.25) is 0 Å². The molecule has 0 radical (unpaired) electrons. The molecule has 16 heavy (non-hydrogen) atoms. The zero-order valence-electron chi connectivity index (χ0n) is 8.90. The normalized spacial score (nSPS) is 15.2. The van der Waals surface area contributed by atoms with Crippen molar-refractivity contribution >= 4 is 23.1 Å². The fraction of sp³-hybridized carbons (Fsp3) is 0.333. The van der Waals surface area contributed by atoms with E-state index in [1.807, 2.05) is 6.07 Å². The van der Waals surface area contributed by atoms with E-state index < -0.39 is 0 Å². The molecule has 0 bridgehead atoms. The lowest BCUT2D eigenvalue weighted by atomic mass is 9.93. The first-order valence-electron chi connectivity index (χ1n) is 5.37. The van der Waals surface area contributed by atoms with Crippen LogP contribution < -0.4 is 11.1 Å². The van der Waals surface area contributed by atoms with Gasteiger partial charge in [0.1, 0.15) is 4.99 Å². The van der Waals surface area contributed by atoms with Gasteiger partial charge in [0.05, 0.1) is 0 Å². The summed E-state index contributed by atoms with van der Waals surface area (Å²) in [5, 5.41) is 2.98. The molecule has 1 saturated carbocycles. The number of thiocarbonyl (C=S) groups is 1. The molecule has 1 aliphatic carbocycles. The van der Waals surface area contributed by atoms with Gasteiger partial charge in [-0.1, -0.05) is 24.4 Å². The van der Waals surface area contributed by atoms with Crippen molar-refractivity contribution in [1.29, 1.82) is 0 Å². The van der Waals surface area contributed by atoms with Crippen molar-refractivity contribution in [2.45, 2.75) is 25.3 Å². The molecule has 1 aliphatic rings. The van der Waals surface area contributed by atoms with Crippen molar-refractivity contribution in [3.05, 3.63) is 35.4 Å². The van der Waals surface area contributed by atoms with E-state index in [0.29, 0.717) is 16.6 Å². The first-order valence-corrected chi connectivity index (χ1v) is 5.78. The van der Waals surface area contributed by atoms with Crippen molar-refractivity contribution in [2.75, 3.05) is 0 Å². The maximum Gasteiger partial charge on any atom is 0.251 e. The monoisotopic (exact) mass is 234 g/mol. The fourth-order valence-corrected chi connectivity index (χ4v) is 1.76. The Morgan fingerprint density at radius 1 is 1.38 bits per heavy atom. The molecular formula is C12H14N2OS. The summed E-state index contributed by atoms with van der Waals surface area (Å²) < 4.78 is 0. The average Bonchev–Trinajstić information content (AvgIpc) is 2.23. The predicted molar refractivity (Wildman–Crippen MR) is 67.4 cm³/mol. The van der Waals surface area contributed by atoms with Gasteiger partial charge in [-0.05, 0) is 31.4 Å². The highest BCUT2D eigenvalue weighted by atomic mass is 32.1. The van der Waals surface area contributed by atoms with Crippen LogP contribution in [0.5, 0.6) is 0 Å². The smallest absolute Gasteiger partial charge is 0.251 e. The van der Waals surface area contributed by atoms with E-state index in [1.54, 1.807) is 18.2 Å². The second-order valence-electron chi connectivity index (χ2n) is 4.05. The third-order valence-electron chi connectivity index (χ3n) is 2.85. The molecule has 1 aromatic carbocycles. The van der Waals surface area contributed by atoms with E-state index in [4.69, 9.17) is 18.0 Å². The van der Waals surface area contributed by atoms with Crippen molar-refractivity contribution in [3.8, 4) is 0 Å². The first-order chi connectivity index (χ1) is 7.66. The van der Waals surface area contributed by atoms with Gasteiger partial charge in [-0.25, -0.2) is 0 Å². The summed E-state index contributed by atoms with van der Waals surface area (Å²) in [6.45, 7) is 0. The quantitative estimate of drug-likeness (QED) is 0.781. The second-order valence-corrected chi connectivity index (χ2v) is 4.49. The Balaban J connectivity index is 2.09. The zero-order chi connectivity index (χ0) is 11.5. The number of hydrogen-bond acceptors (Lipinski definition) is 2. The Hall–Kier alpha value is -1.42. The van der Waals surface area contributed by atoms with Gasteiger partial charge in [0, 0.05) is 17.2 Å². The molecule has 0 atom stereocenters. The van der Waals surface area contributed by atoms with Gasteiger partial charge < -0.3 is 11.1 Å². The average molecular weight is 234 g/mol. The maximum atomic E-state index is 11.8. The number of nitrogens with two attached hydrogens (primary N) is 1. The van der Waals surface area contributed by atoms with Gasteiger partial charge in [-0.2, -0.15) is 0 Å². The minimum Gasteiger partial charge on any atom is -0.389 e. The van der Waals surface area contributed by atoms with Crippen LogP contribution in [-0.4, -0.2) is 16.9 Å². The van der Waals surface area contributed by atoms with Gasteiger partial charge in [-0.15, -0.1) is 0 Å². The minimum atomic E-state index is -0.0391. The Bertz CT molecular complexity index is 427. The number of hydrogen-bond donors (Lipinski definition) is 2. The molecular weight excluding hydrogens is 220 g/mol. The van der Waals surface area contributed by atoms with Crippen molar-refractivity contribution in [1.82, 2.24) is 5.32 Å². The molecule has 0 aromatic heterocycles.